The van der Waals surface area contributed by atoms with E-state index in [0.29, 0.717) is 36.4 Å². The van der Waals surface area contributed by atoms with Gasteiger partial charge in [0, 0.05) is 48.8 Å². The number of amidine groups is 1. The molecule has 4 aromatic rings. The molecule has 220 valence electrons. The Balaban J connectivity index is 1.31. The monoisotopic (exact) mass is 580 g/mol. The van der Waals surface area contributed by atoms with Crippen molar-refractivity contribution in [1.82, 2.24) is 20.0 Å². The quantitative estimate of drug-likeness (QED) is 0.157. The molecular formula is C32H32N6O5. The number of benzene rings is 3. The molecular weight excluding hydrogens is 548 g/mol. The zero-order valence-corrected chi connectivity index (χ0v) is 23.4. The Morgan fingerprint density at radius 2 is 1.67 bits per heavy atom. The predicted octanol–water partition coefficient (Wildman–Crippen LogP) is 2.76. The van der Waals surface area contributed by atoms with Gasteiger partial charge in [0.05, 0.1) is 5.69 Å². The lowest BCUT2D eigenvalue weighted by molar-refractivity contribution is -0.138. The van der Waals surface area contributed by atoms with Crippen LogP contribution in [0.3, 0.4) is 0 Å². The van der Waals surface area contributed by atoms with Gasteiger partial charge in [-0.25, -0.2) is 0 Å². The second-order valence-corrected chi connectivity index (χ2v) is 10.3. The molecule has 1 atom stereocenters. The molecule has 0 saturated carbocycles. The lowest BCUT2D eigenvalue weighted by atomic mass is 10.0. The summed E-state index contributed by atoms with van der Waals surface area (Å²) in [6.07, 6.45) is 2.38. The number of nitrogen functional groups attached to an aromatic ring is 1. The lowest BCUT2D eigenvalue weighted by Gasteiger charge is -2.30. The van der Waals surface area contributed by atoms with E-state index >= 15 is 0 Å². The molecule has 0 bridgehead atoms. The fourth-order valence-electron chi connectivity index (χ4n) is 4.94. The zero-order valence-electron chi connectivity index (χ0n) is 23.4. The number of hydrogen-bond donors (Lipinski definition) is 4. The molecule has 0 spiro atoms. The molecule has 0 saturated heterocycles. The van der Waals surface area contributed by atoms with Crippen molar-refractivity contribution in [3.05, 3.63) is 119 Å². The van der Waals surface area contributed by atoms with Crippen LogP contribution in [0.5, 0.6) is 5.75 Å². The molecule has 0 unspecified atom stereocenters. The maximum Gasteiger partial charge on any atom is 0.325 e. The van der Waals surface area contributed by atoms with E-state index in [-0.39, 0.29) is 31.3 Å². The first-order valence-electron chi connectivity index (χ1n) is 13.8. The van der Waals surface area contributed by atoms with Gasteiger partial charge in [-0.05, 0) is 35.4 Å². The van der Waals surface area contributed by atoms with E-state index in [1.165, 1.54) is 4.68 Å². The standard InChI is InChI=1S/C32H32N6O5/c33-30(34)23-8-10-24(11-9-23)31(41)35-28(16-21-6-12-26(13-7-21)43-20-22-4-2-1-3-5-22)32(42)37-15-14-27-25(17-37)18-38(36-27)19-29(39)40/h1-13,18,28H,14-17,19-20H2,(H3,33,34)(H,35,41)(H,39,40)/t28-/m0/s1. The fourth-order valence-corrected chi connectivity index (χ4v) is 4.94. The summed E-state index contributed by atoms with van der Waals surface area (Å²) in [5, 5.41) is 23.9. The third-order valence-electron chi connectivity index (χ3n) is 7.19. The van der Waals surface area contributed by atoms with Gasteiger partial charge in [-0.2, -0.15) is 5.10 Å². The lowest BCUT2D eigenvalue weighted by Crippen LogP contribution is -2.50. The summed E-state index contributed by atoms with van der Waals surface area (Å²) in [5.41, 5.74) is 9.80. The van der Waals surface area contributed by atoms with Gasteiger partial charge in [-0.1, -0.05) is 54.6 Å². The Kier molecular flexibility index (Phi) is 8.80. The minimum atomic E-state index is -0.997. The number of aliphatic carboxylic acids is 1. The molecule has 2 heterocycles. The minimum absolute atomic E-state index is 0.104. The normalized spacial score (nSPS) is 13.1. The van der Waals surface area contributed by atoms with Crippen LogP contribution in [0.4, 0.5) is 0 Å². The second-order valence-electron chi connectivity index (χ2n) is 10.3. The molecule has 11 heteroatoms. The van der Waals surface area contributed by atoms with Crippen molar-refractivity contribution in [3.63, 3.8) is 0 Å². The van der Waals surface area contributed by atoms with Crippen LogP contribution in [-0.4, -0.2) is 56.0 Å². The van der Waals surface area contributed by atoms with Gasteiger partial charge in [0.2, 0.25) is 5.91 Å². The summed E-state index contributed by atoms with van der Waals surface area (Å²) in [6, 6.07) is 22.7. The summed E-state index contributed by atoms with van der Waals surface area (Å²) in [7, 11) is 0. The Morgan fingerprint density at radius 1 is 0.977 bits per heavy atom. The van der Waals surface area contributed by atoms with E-state index in [2.05, 4.69) is 10.4 Å². The molecule has 43 heavy (non-hydrogen) atoms. The van der Waals surface area contributed by atoms with Gasteiger partial charge < -0.3 is 25.8 Å². The first-order valence-corrected chi connectivity index (χ1v) is 13.8. The highest BCUT2D eigenvalue weighted by atomic mass is 16.5. The van der Waals surface area contributed by atoms with Crippen molar-refractivity contribution < 1.29 is 24.2 Å². The zero-order chi connectivity index (χ0) is 30.3. The highest BCUT2D eigenvalue weighted by Crippen LogP contribution is 2.21. The molecule has 1 aliphatic heterocycles. The Bertz CT molecular complexity index is 1620. The third-order valence-corrected chi connectivity index (χ3v) is 7.19. The SMILES string of the molecule is N=C(N)c1ccc(C(=O)N[C@@H](Cc2ccc(OCc3ccccc3)cc2)C(=O)N2CCc3nn(CC(=O)O)cc3C2)cc1. The van der Waals surface area contributed by atoms with Gasteiger partial charge in [0.25, 0.3) is 5.91 Å². The first kappa shape index (κ1) is 29.1. The molecule has 5 N–H and O–H groups in total. The summed E-state index contributed by atoms with van der Waals surface area (Å²) in [6.45, 7) is 0.828. The third kappa shape index (κ3) is 7.45. The molecule has 11 nitrogen and oxygen atoms in total. The number of aromatic nitrogens is 2. The number of ether oxygens (including phenoxy) is 1. The molecule has 2 amide bonds. The number of carboxylic acids is 1. The van der Waals surface area contributed by atoms with E-state index in [1.54, 1.807) is 35.4 Å². The van der Waals surface area contributed by atoms with Gasteiger partial charge in [-0.3, -0.25) is 24.5 Å². The molecule has 0 aliphatic carbocycles. The van der Waals surface area contributed by atoms with Crippen molar-refractivity contribution in [3.8, 4) is 5.75 Å². The predicted molar refractivity (Wildman–Crippen MR) is 159 cm³/mol. The fraction of sp³-hybridized carbons (Fsp3) is 0.219. The first-order chi connectivity index (χ1) is 20.7. The summed E-state index contributed by atoms with van der Waals surface area (Å²) < 4.78 is 7.26. The number of carbonyl (C=O) groups is 3. The molecule has 0 fully saturated rings. The molecule has 1 aromatic heterocycles. The highest BCUT2D eigenvalue weighted by Gasteiger charge is 2.30. The molecule has 5 rings (SSSR count). The van der Waals surface area contributed by atoms with Crippen LogP contribution < -0.4 is 15.8 Å². The smallest absolute Gasteiger partial charge is 0.325 e. The van der Waals surface area contributed by atoms with Crippen molar-refractivity contribution >= 4 is 23.6 Å². The Morgan fingerprint density at radius 3 is 2.35 bits per heavy atom. The van der Waals surface area contributed by atoms with Gasteiger partial charge in [-0.15, -0.1) is 0 Å². The maximum atomic E-state index is 13.9. The number of hydrogen-bond acceptors (Lipinski definition) is 6. The van der Waals surface area contributed by atoms with Crippen LogP contribution in [-0.2, 0) is 42.1 Å². The van der Waals surface area contributed by atoms with Gasteiger partial charge >= 0.3 is 5.97 Å². The van der Waals surface area contributed by atoms with Crippen molar-refractivity contribution in [2.45, 2.75) is 38.6 Å². The largest absolute Gasteiger partial charge is 0.489 e. The van der Waals surface area contributed by atoms with E-state index < -0.39 is 17.9 Å². The van der Waals surface area contributed by atoms with E-state index in [1.807, 2.05) is 54.6 Å². The highest BCUT2D eigenvalue weighted by molar-refractivity contribution is 5.99. The van der Waals surface area contributed by atoms with Crippen LogP contribution in [0.15, 0.2) is 85.1 Å². The van der Waals surface area contributed by atoms with Crippen LogP contribution in [0.2, 0.25) is 0 Å². The van der Waals surface area contributed by atoms with E-state index in [0.717, 1.165) is 22.4 Å². The molecule has 1 aliphatic rings. The maximum absolute atomic E-state index is 13.9. The number of nitrogens with zero attached hydrogens (tertiary/aromatic N) is 3. The second kappa shape index (κ2) is 13.0. The minimum Gasteiger partial charge on any atom is -0.489 e. The number of carboxylic acid groups (broad SMARTS) is 1. The van der Waals surface area contributed by atoms with Crippen LogP contribution >= 0.6 is 0 Å². The Hall–Kier alpha value is -5.45. The van der Waals surface area contributed by atoms with Crippen molar-refractivity contribution in [2.24, 2.45) is 5.73 Å². The van der Waals surface area contributed by atoms with Crippen LogP contribution in [0.1, 0.15) is 38.3 Å². The van der Waals surface area contributed by atoms with Crippen LogP contribution in [0, 0.1) is 5.41 Å². The average Bonchev–Trinajstić information content (AvgIpc) is 3.41. The summed E-state index contributed by atoms with van der Waals surface area (Å²) >= 11 is 0. The number of fused-ring (bicyclic) bond motifs is 1. The number of amides is 2. The Labute approximate surface area is 248 Å². The summed E-state index contributed by atoms with van der Waals surface area (Å²) in [5.74, 6) is -1.10. The molecule has 0 radical (unpaired) electrons. The topological polar surface area (TPSA) is 164 Å². The number of carbonyl (C=O) groups excluding carboxylic acids is 2. The van der Waals surface area contributed by atoms with E-state index in [4.69, 9.17) is 21.0 Å². The van der Waals surface area contributed by atoms with Gasteiger partial charge in [0.15, 0.2) is 0 Å². The number of nitrogens with two attached hydrogens (primary N) is 1. The number of rotatable bonds is 11. The van der Waals surface area contributed by atoms with E-state index in [9.17, 15) is 14.4 Å². The molecule has 3 aromatic carbocycles. The van der Waals surface area contributed by atoms with Crippen molar-refractivity contribution in [1.29, 1.82) is 5.41 Å². The van der Waals surface area contributed by atoms with Gasteiger partial charge in [0.1, 0.15) is 30.8 Å². The van der Waals surface area contributed by atoms with Crippen molar-refractivity contribution in [2.75, 3.05) is 6.54 Å². The van der Waals surface area contributed by atoms with Crippen LogP contribution in [0.25, 0.3) is 0 Å². The summed E-state index contributed by atoms with van der Waals surface area (Å²) in [4.78, 5) is 39.9. The average molecular weight is 581 g/mol. The number of nitrogens with one attached hydrogen (secondary N) is 2.